The third kappa shape index (κ3) is 3.64. The van der Waals surface area contributed by atoms with Crippen molar-refractivity contribution in [1.82, 2.24) is 0 Å². The molecule has 0 unspecified atom stereocenters. The van der Waals surface area contributed by atoms with Crippen molar-refractivity contribution in [3.8, 4) is 11.5 Å². The molecule has 0 saturated carbocycles. The lowest BCUT2D eigenvalue weighted by Gasteiger charge is -2.25. The van der Waals surface area contributed by atoms with Crippen LogP contribution in [0.5, 0.6) is 11.5 Å². The van der Waals surface area contributed by atoms with Crippen LogP contribution < -0.4 is 15.1 Å². The lowest BCUT2D eigenvalue weighted by molar-refractivity contribution is 0.267. The lowest BCUT2D eigenvalue weighted by Crippen LogP contribution is -2.13. The molecule has 0 N–H and O–H groups in total. The number of hydrogen-bond acceptors (Lipinski definition) is 4. The second kappa shape index (κ2) is 7.56. The van der Waals surface area contributed by atoms with Crippen LogP contribution in [0.2, 0.25) is 0 Å². The number of fused-ring (bicyclic) bond motifs is 2. The monoisotopic (exact) mass is 354 g/mol. The van der Waals surface area contributed by atoms with Crippen molar-refractivity contribution >= 4 is 11.0 Å². The van der Waals surface area contributed by atoms with Gasteiger partial charge in [0.1, 0.15) is 17.1 Å². The standard InChI is InChI=1S/C22H26O4/c1-15-12-22(23)26-19-14-21-20(13-16(15)19)24-17-10-8-6-4-2-3-5-7-9-11-18(17)25-21/h12-14H,2-11H2,1H3. The first-order valence-electron chi connectivity index (χ1n) is 9.87. The SMILES string of the molecule is Cc1cc(=O)oc2cc3c(cc12)OC1=C(CCCCCCCCCC1)O3. The zero-order valence-electron chi connectivity index (χ0n) is 15.4. The van der Waals surface area contributed by atoms with Gasteiger partial charge in [-0.25, -0.2) is 4.79 Å². The molecule has 0 atom stereocenters. The maximum Gasteiger partial charge on any atom is 0.336 e. The Morgan fingerprint density at radius 2 is 1.27 bits per heavy atom. The Morgan fingerprint density at radius 1 is 0.731 bits per heavy atom. The maximum atomic E-state index is 11.7. The first kappa shape index (κ1) is 17.2. The predicted octanol–water partition coefficient (Wildman–Crippen LogP) is 6.00. The summed E-state index contributed by atoms with van der Waals surface area (Å²) in [7, 11) is 0. The van der Waals surface area contributed by atoms with Gasteiger partial charge in [-0.1, -0.05) is 38.5 Å². The molecule has 2 heterocycles. The van der Waals surface area contributed by atoms with Crippen molar-refractivity contribution in [3.63, 3.8) is 0 Å². The Bertz CT molecular complexity index is 891. The van der Waals surface area contributed by atoms with E-state index >= 15 is 0 Å². The normalized spacial score (nSPS) is 18.8. The molecule has 2 aliphatic rings. The summed E-state index contributed by atoms with van der Waals surface area (Å²) in [5.74, 6) is 3.30. The first-order valence-corrected chi connectivity index (χ1v) is 9.87. The second-order valence-electron chi connectivity index (χ2n) is 7.42. The summed E-state index contributed by atoms with van der Waals surface area (Å²) in [5.41, 5.74) is 1.10. The number of allylic oxidation sites excluding steroid dienone is 2. The minimum absolute atomic E-state index is 0.336. The van der Waals surface area contributed by atoms with Crippen LogP contribution >= 0.6 is 0 Å². The Kier molecular flexibility index (Phi) is 5.00. The van der Waals surface area contributed by atoms with E-state index in [1.807, 2.05) is 13.0 Å². The zero-order chi connectivity index (χ0) is 17.9. The number of ether oxygens (including phenoxy) is 2. The van der Waals surface area contributed by atoms with Crippen molar-refractivity contribution in [1.29, 1.82) is 0 Å². The Labute approximate surface area is 153 Å². The van der Waals surface area contributed by atoms with Gasteiger partial charge in [0.05, 0.1) is 0 Å². The molecule has 0 spiro atoms. The third-order valence-corrected chi connectivity index (χ3v) is 5.35. The van der Waals surface area contributed by atoms with Crippen LogP contribution in [0.15, 0.2) is 38.9 Å². The van der Waals surface area contributed by atoms with Gasteiger partial charge in [-0.15, -0.1) is 0 Å². The molecule has 1 aliphatic carbocycles. The van der Waals surface area contributed by atoms with Crippen LogP contribution in [-0.2, 0) is 0 Å². The molecule has 4 rings (SSSR count). The molecule has 0 bridgehead atoms. The van der Waals surface area contributed by atoms with Gasteiger partial charge in [-0.2, -0.15) is 0 Å². The van der Waals surface area contributed by atoms with E-state index in [4.69, 9.17) is 13.9 Å². The summed E-state index contributed by atoms with van der Waals surface area (Å²) >= 11 is 0. The minimum atomic E-state index is -0.336. The summed E-state index contributed by atoms with van der Waals surface area (Å²) in [4.78, 5) is 11.7. The van der Waals surface area contributed by atoms with E-state index in [9.17, 15) is 4.79 Å². The van der Waals surface area contributed by atoms with Crippen LogP contribution in [0.25, 0.3) is 11.0 Å². The minimum Gasteiger partial charge on any atom is -0.454 e. The summed E-state index contributed by atoms with van der Waals surface area (Å²) in [5, 5.41) is 0.893. The van der Waals surface area contributed by atoms with Gasteiger partial charge in [0.2, 0.25) is 0 Å². The van der Waals surface area contributed by atoms with Gasteiger partial charge in [0.15, 0.2) is 11.5 Å². The molecule has 0 fully saturated rings. The highest BCUT2D eigenvalue weighted by atomic mass is 16.6. The van der Waals surface area contributed by atoms with Gasteiger partial charge in [-0.3, -0.25) is 0 Å². The molecule has 0 radical (unpaired) electrons. The average molecular weight is 354 g/mol. The van der Waals surface area contributed by atoms with Crippen LogP contribution in [-0.4, -0.2) is 0 Å². The molecule has 4 heteroatoms. The van der Waals surface area contributed by atoms with Crippen molar-refractivity contribution < 1.29 is 13.9 Å². The zero-order valence-corrected chi connectivity index (χ0v) is 15.4. The highest BCUT2D eigenvalue weighted by Gasteiger charge is 2.23. The Balaban J connectivity index is 1.66. The summed E-state index contributed by atoms with van der Waals surface area (Å²) < 4.78 is 17.8. The van der Waals surface area contributed by atoms with Gasteiger partial charge in [-0.05, 0) is 31.4 Å². The van der Waals surface area contributed by atoms with Crippen molar-refractivity contribution in [2.75, 3.05) is 0 Å². The molecular weight excluding hydrogens is 328 g/mol. The number of hydrogen-bond donors (Lipinski definition) is 0. The van der Waals surface area contributed by atoms with Gasteiger partial charge < -0.3 is 13.9 Å². The number of rotatable bonds is 0. The van der Waals surface area contributed by atoms with Crippen LogP contribution in [0.3, 0.4) is 0 Å². The van der Waals surface area contributed by atoms with Gasteiger partial charge in [0.25, 0.3) is 0 Å². The van der Waals surface area contributed by atoms with Crippen LogP contribution in [0, 0.1) is 6.92 Å². The van der Waals surface area contributed by atoms with Crippen molar-refractivity contribution in [3.05, 3.63) is 45.7 Å². The molecule has 1 aromatic heterocycles. The summed E-state index contributed by atoms with van der Waals surface area (Å²) in [6.45, 7) is 1.91. The maximum absolute atomic E-state index is 11.7. The Morgan fingerprint density at radius 3 is 1.88 bits per heavy atom. The van der Waals surface area contributed by atoms with E-state index in [1.54, 1.807) is 6.07 Å². The predicted molar refractivity (Wildman–Crippen MR) is 102 cm³/mol. The van der Waals surface area contributed by atoms with Crippen LogP contribution in [0.4, 0.5) is 0 Å². The molecule has 1 aliphatic heterocycles. The fourth-order valence-corrected chi connectivity index (χ4v) is 3.88. The lowest BCUT2D eigenvalue weighted by atomic mass is 10.0. The van der Waals surface area contributed by atoms with Crippen molar-refractivity contribution in [2.24, 2.45) is 0 Å². The molecule has 138 valence electrons. The number of benzene rings is 1. The van der Waals surface area contributed by atoms with E-state index in [0.717, 1.165) is 53.9 Å². The molecule has 4 nitrogen and oxygen atoms in total. The fourth-order valence-electron chi connectivity index (χ4n) is 3.88. The largest absolute Gasteiger partial charge is 0.454 e. The van der Waals surface area contributed by atoms with E-state index in [-0.39, 0.29) is 5.63 Å². The third-order valence-electron chi connectivity index (χ3n) is 5.35. The van der Waals surface area contributed by atoms with Crippen LogP contribution in [0.1, 0.15) is 69.8 Å². The topological polar surface area (TPSA) is 48.7 Å². The molecule has 1 aromatic carbocycles. The Hall–Kier alpha value is -2.23. The van der Waals surface area contributed by atoms with Gasteiger partial charge in [0, 0.05) is 30.4 Å². The molecule has 26 heavy (non-hydrogen) atoms. The molecular formula is C22H26O4. The number of aryl methyl sites for hydroxylation is 1. The fraction of sp³-hybridized carbons (Fsp3) is 0.500. The average Bonchev–Trinajstić information content (AvgIpc) is 2.60. The molecule has 0 saturated heterocycles. The second-order valence-corrected chi connectivity index (χ2v) is 7.42. The van der Waals surface area contributed by atoms with E-state index < -0.39 is 0 Å². The van der Waals surface area contributed by atoms with Gasteiger partial charge >= 0.3 is 5.63 Å². The molecule has 2 aromatic rings. The highest BCUT2D eigenvalue weighted by Crippen LogP contribution is 2.41. The molecule has 0 amide bonds. The quantitative estimate of drug-likeness (QED) is 0.545. The van der Waals surface area contributed by atoms with E-state index in [1.165, 1.54) is 44.6 Å². The van der Waals surface area contributed by atoms with E-state index in [2.05, 4.69) is 0 Å². The van der Waals surface area contributed by atoms with E-state index in [0.29, 0.717) is 11.3 Å². The van der Waals surface area contributed by atoms with Crippen molar-refractivity contribution in [2.45, 2.75) is 71.1 Å². The smallest absolute Gasteiger partial charge is 0.336 e. The summed E-state index contributed by atoms with van der Waals surface area (Å²) in [6.07, 6.45) is 11.9. The highest BCUT2D eigenvalue weighted by molar-refractivity contribution is 5.84. The summed E-state index contributed by atoms with van der Waals surface area (Å²) in [6, 6.07) is 5.24. The first-order chi connectivity index (χ1) is 12.7.